The minimum Gasteiger partial charge on any atom is -0.455 e. The van der Waals surface area contributed by atoms with Gasteiger partial charge in [0.15, 0.2) is 11.6 Å². The second-order valence-corrected chi connectivity index (χ2v) is 4.03. The van der Waals surface area contributed by atoms with Crippen LogP contribution in [0.3, 0.4) is 0 Å². The Morgan fingerprint density at radius 3 is 2.71 bits per heavy atom. The van der Waals surface area contributed by atoms with Gasteiger partial charge >= 0.3 is 0 Å². The molecule has 2 nitrogen and oxygen atoms in total. The van der Waals surface area contributed by atoms with Crippen molar-refractivity contribution in [3.05, 3.63) is 53.6 Å². The van der Waals surface area contributed by atoms with E-state index in [1.54, 1.807) is 30.3 Å². The first kappa shape index (κ1) is 11.4. The Bertz CT molecular complexity index is 508. The van der Waals surface area contributed by atoms with Gasteiger partial charge in [0.1, 0.15) is 5.75 Å². The maximum Gasteiger partial charge on any atom is 0.161 e. The molecule has 1 unspecified atom stereocenters. The van der Waals surface area contributed by atoms with Crippen LogP contribution >= 0.6 is 0 Å². The first-order valence-corrected chi connectivity index (χ1v) is 5.45. The molecular formula is C14H12FNO. The van der Waals surface area contributed by atoms with E-state index in [1.807, 2.05) is 13.0 Å². The van der Waals surface area contributed by atoms with Gasteiger partial charge < -0.3 is 4.74 Å². The summed E-state index contributed by atoms with van der Waals surface area (Å²) >= 11 is 0. The third-order valence-electron chi connectivity index (χ3n) is 2.55. The Kier molecular flexibility index (Phi) is 3.24. The van der Waals surface area contributed by atoms with Crippen molar-refractivity contribution in [1.29, 1.82) is 5.26 Å². The highest BCUT2D eigenvalue weighted by atomic mass is 19.1. The summed E-state index contributed by atoms with van der Waals surface area (Å²) in [4.78, 5) is 0. The lowest BCUT2D eigenvalue weighted by Crippen LogP contribution is -2.04. The Morgan fingerprint density at radius 1 is 1.35 bits per heavy atom. The van der Waals surface area contributed by atoms with Crippen molar-refractivity contribution in [2.45, 2.75) is 13.3 Å². The third kappa shape index (κ3) is 2.73. The second kappa shape index (κ2) is 4.84. The highest BCUT2D eigenvalue weighted by Gasteiger charge is 2.14. The fourth-order valence-corrected chi connectivity index (χ4v) is 1.60. The van der Waals surface area contributed by atoms with E-state index < -0.39 is 0 Å². The van der Waals surface area contributed by atoms with E-state index >= 15 is 0 Å². The molecule has 2 rings (SSSR count). The summed E-state index contributed by atoms with van der Waals surface area (Å²) in [6.45, 7) is 2.01. The fourth-order valence-electron chi connectivity index (χ4n) is 1.60. The van der Waals surface area contributed by atoms with Crippen molar-refractivity contribution in [3.63, 3.8) is 0 Å². The Balaban J connectivity index is 2.15. The number of benzene rings is 1. The number of hydrogen-bond donors (Lipinski definition) is 0. The van der Waals surface area contributed by atoms with Gasteiger partial charge in [-0.2, -0.15) is 5.26 Å². The van der Waals surface area contributed by atoms with Gasteiger partial charge in [0.2, 0.25) is 0 Å². The molecule has 0 fully saturated rings. The average Bonchev–Trinajstić information content (AvgIpc) is 2.35. The smallest absolute Gasteiger partial charge is 0.161 e. The molecular weight excluding hydrogens is 217 g/mol. The molecule has 0 spiro atoms. The molecule has 0 radical (unpaired) electrons. The molecule has 0 saturated heterocycles. The summed E-state index contributed by atoms with van der Waals surface area (Å²) in [6.07, 6.45) is 4.00. The molecule has 86 valence electrons. The predicted octanol–water partition coefficient (Wildman–Crippen LogP) is 3.71. The van der Waals surface area contributed by atoms with Gasteiger partial charge in [0.25, 0.3) is 0 Å². The number of nitrogens with zero attached hydrogens (tertiary/aromatic N) is 1. The van der Waals surface area contributed by atoms with Crippen molar-refractivity contribution >= 4 is 0 Å². The van der Waals surface area contributed by atoms with Gasteiger partial charge in [-0.25, -0.2) is 4.39 Å². The highest BCUT2D eigenvalue weighted by Crippen LogP contribution is 2.26. The molecule has 0 amide bonds. The monoisotopic (exact) mass is 229 g/mol. The first-order valence-electron chi connectivity index (χ1n) is 5.45. The topological polar surface area (TPSA) is 33.0 Å². The summed E-state index contributed by atoms with van der Waals surface area (Å²) in [6, 6.07) is 8.62. The molecule has 0 N–H and O–H groups in total. The molecule has 0 heterocycles. The average molecular weight is 229 g/mol. The van der Waals surface area contributed by atoms with Crippen LogP contribution in [0.1, 0.15) is 18.9 Å². The summed E-state index contributed by atoms with van der Waals surface area (Å²) < 4.78 is 18.9. The molecule has 1 aliphatic carbocycles. The number of halogens is 1. The van der Waals surface area contributed by atoms with Crippen molar-refractivity contribution < 1.29 is 9.13 Å². The Hall–Kier alpha value is -2.08. The lowest BCUT2D eigenvalue weighted by Gasteiger charge is -2.15. The van der Waals surface area contributed by atoms with Gasteiger partial charge in [0, 0.05) is 0 Å². The van der Waals surface area contributed by atoms with Gasteiger partial charge in [-0.15, -0.1) is 0 Å². The molecule has 3 heteroatoms. The van der Waals surface area contributed by atoms with Crippen LogP contribution in [-0.2, 0) is 0 Å². The van der Waals surface area contributed by atoms with Crippen molar-refractivity contribution in [2.75, 3.05) is 0 Å². The van der Waals surface area contributed by atoms with E-state index in [4.69, 9.17) is 10.00 Å². The molecule has 0 aliphatic heterocycles. The fraction of sp³-hybridized carbons (Fsp3) is 0.214. The lowest BCUT2D eigenvalue weighted by molar-refractivity contribution is 0.388. The highest BCUT2D eigenvalue weighted by molar-refractivity contribution is 5.37. The SMILES string of the molecule is CC1C=C(Oc2ccc(C#N)cc2)C(F)=CC1. The van der Waals surface area contributed by atoms with Crippen LogP contribution in [0.15, 0.2) is 48.0 Å². The van der Waals surface area contributed by atoms with E-state index in [0.29, 0.717) is 17.7 Å². The summed E-state index contributed by atoms with van der Waals surface area (Å²) in [7, 11) is 0. The molecule has 0 bridgehead atoms. The standard InChI is InChI=1S/C14H12FNO/c1-10-2-7-13(15)14(8-10)17-12-5-3-11(9-16)4-6-12/h3-8,10H,2H2,1H3. The van der Waals surface area contributed by atoms with Crippen LogP contribution < -0.4 is 4.74 Å². The molecule has 1 aromatic rings. The van der Waals surface area contributed by atoms with Crippen LogP contribution in [0.4, 0.5) is 4.39 Å². The number of rotatable bonds is 2. The van der Waals surface area contributed by atoms with Crippen LogP contribution in [0.2, 0.25) is 0 Å². The van der Waals surface area contributed by atoms with Crippen LogP contribution in [0.25, 0.3) is 0 Å². The van der Waals surface area contributed by atoms with Gasteiger partial charge in [-0.05, 0) is 48.8 Å². The van der Waals surface area contributed by atoms with Crippen LogP contribution in [0, 0.1) is 17.2 Å². The first-order chi connectivity index (χ1) is 8.19. The van der Waals surface area contributed by atoms with E-state index in [-0.39, 0.29) is 17.5 Å². The van der Waals surface area contributed by atoms with E-state index in [0.717, 1.165) is 0 Å². The van der Waals surface area contributed by atoms with Gasteiger partial charge in [0.05, 0.1) is 11.6 Å². The maximum absolute atomic E-state index is 13.5. The van der Waals surface area contributed by atoms with E-state index in [9.17, 15) is 4.39 Å². The molecule has 1 aromatic carbocycles. The Morgan fingerprint density at radius 2 is 2.06 bits per heavy atom. The normalized spacial score (nSPS) is 19.0. The number of hydrogen-bond acceptors (Lipinski definition) is 2. The van der Waals surface area contributed by atoms with Gasteiger partial charge in [-0.1, -0.05) is 6.92 Å². The minimum absolute atomic E-state index is 0.258. The molecule has 0 aromatic heterocycles. The number of nitriles is 1. The maximum atomic E-state index is 13.5. The third-order valence-corrected chi connectivity index (χ3v) is 2.55. The summed E-state index contributed by atoms with van der Waals surface area (Å²) in [5, 5.41) is 8.66. The molecule has 0 saturated carbocycles. The van der Waals surface area contributed by atoms with Crippen molar-refractivity contribution in [2.24, 2.45) is 5.92 Å². The molecule has 17 heavy (non-hydrogen) atoms. The summed E-state index contributed by atoms with van der Waals surface area (Å²) in [5.74, 6) is 0.747. The molecule has 1 atom stereocenters. The van der Waals surface area contributed by atoms with E-state index in [2.05, 4.69) is 0 Å². The number of ether oxygens (including phenoxy) is 1. The lowest BCUT2D eigenvalue weighted by atomic mass is 10.0. The quantitative estimate of drug-likeness (QED) is 0.774. The van der Waals surface area contributed by atoms with Crippen LogP contribution in [0.5, 0.6) is 5.75 Å². The largest absolute Gasteiger partial charge is 0.455 e. The van der Waals surface area contributed by atoms with Gasteiger partial charge in [-0.3, -0.25) is 0 Å². The predicted molar refractivity (Wildman–Crippen MR) is 62.8 cm³/mol. The Labute approximate surface area is 99.6 Å². The molecule has 1 aliphatic rings. The van der Waals surface area contributed by atoms with Crippen molar-refractivity contribution in [3.8, 4) is 11.8 Å². The van der Waals surface area contributed by atoms with Crippen LogP contribution in [-0.4, -0.2) is 0 Å². The van der Waals surface area contributed by atoms with Crippen molar-refractivity contribution in [1.82, 2.24) is 0 Å². The minimum atomic E-state index is -0.326. The second-order valence-electron chi connectivity index (χ2n) is 4.03. The zero-order valence-electron chi connectivity index (χ0n) is 9.48. The number of allylic oxidation sites excluding steroid dienone is 3. The van der Waals surface area contributed by atoms with E-state index in [1.165, 1.54) is 6.08 Å². The summed E-state index contributed by atoms with van der Waals surface area (Å²) in [5.41, 5.74) is 0.555. The zero-order valence-corrected chi connectivity index (χ0v) is 9.48. The zero-order chi connectivity index (χ0) is 12.3.